The van der Waals surface area contributed by atoms with Gasteiger partial charge in [-0.1, -0.05) is 26.0 Å². The van der Waals surface area contributed by atoms with Crippen molar-refractivity contribution in [1.82, 2.24) is 10.2 Å². The van der Waals surface area contributed by atoms with Gasteiger partial charge in [0.15, 0.2) is 0 Å². The lowest BCUT2D eigenvalue weighted by Gasteiger charge is -2.18. The molecule has 1 fully saturated rings. The maximum Gasteiger partial charge on any atom is 0.243 e. The minimum absolute atomic E-state index is 0.00141. The first kappa shape index (κ1) is 18.4. The fourth-order valence-electron chi connectivity index (χ4n) is 2.63. The number of halogens is 1. The number of hydrogen-bond donors (Lipinski definition) is 2. The first-order valence-electron chi connectivity index (χ1n) is 7.96. The van der Waals surface area contributed by atoms with Crippen LogP contribution in [0.4, 0.5) is 5.69 Å². The zero-order valence-corrected chi connectivity index (χ0v) is 15.4. The van der Waals surface area contributed by atoms with Gasteiger partial charge in [-0.05, 0) is 34.0 Å². The summed E-state index contributed by atoms with van der Waals surface area (Å²) in [5.74, 6) is -0.574. The second kappa shape index (κ2) is 8.28. The molecule has 1 aromatic rings. The van der Waals surface area contributed by atoms with Crippen molar-refractivity contribution < 1.29 is 14.4 Å². The molecule has 0 bridgehead atoms. The molecular formula is C17H22BrN3O3. The molecule has 130 valence electrons. The van der Waals surface area contributed by atoms with Gasteiger partial charge >= 0.3 is 0 Å². The summed E-state index contributed by atoms with van der Waals surface area (Å²) in [7, 11) is 0. The number of anilines is 1. The Labute approximate surface area is 150 Å². The van der Waals surface area contributed by atoms with Crippen LogP contribution in [-0.4, -0.2) is 42.3 Å². The Kier molecular flexibility index (Phi) is 6.36. The number of nitrogens with one attached hydrogen (secondary N) is 2. The lowest BCUT2D eigenvalue weighted by atomic mass is 10.1. The lowest BCUT2D eigenvalue weighted by molar-refractivity contribution is -0.129. The van der Waals surface area contributed by atoms with Gasteiger partial charge < -0.3 is 15.5 Å². The molecule has 0 spiro atoms. The molecule has 1 aromatic carbocycles. The Morgan fingerprint density at radius 2 is 2.04 bits per heavy atom. The summed E-state index contributed by atoms with van der Waals surface area (Å²) in [6.45, 7) is 5.04. The third kappa shape index (κ3) is 5.06. The number of amides is 3. The molecule has 6 nitrogen and oxygen atoms in total. The maximum absolute atomic E-state index is 12.2. The molecule has 3 amide bonds. The molecule has 0 radical (unpaired) electrons. The van der Waals surface area contributed by atoms with Crippen LogP contribution in [0.25, 0.3) is 0 Å². The van der Waals surface area contributed by atoms with Crippen molar-refractivity contribution in [2.45, 2.75) is 20.3 Å². The Morgan fingerprint density at radius 3 is 2.71 bits per heavy atom. The van der Waals surface area contributed by atoms with Gasteiger partial charge in [0.1, 0.15) is 0 Å². The van der Waals surface area contributed by atoms with E-state index in [1.807, 2.05) is 32.0 Å². The summed E-state index contributed by atoms with van der Waals surface area (Å²) in [6, 6.07) is 7.25. The molecule has 1 saturated heterocycles. The third-order valence-electron chi connectivity index (χ3n) is 3.74. The predicted molar refractivity (Wildman–Crippen MR) is 95.3 cm³/mol. The van der Waals surface area contributed by atoms with Crippen molar-refractivity contribution >= 4 is 39.3 Å². The average molecular weight is 396 g/mol. The molecule has 2 rings (SSSR count). The van der Waals surface area contributed by atoms with Crippen LogP contribution < -0.4 is 10.6 Å². The quantitative estimate of drug-likeness (QED) is 0.772. The summed E-state index contributed by atoms with van der Waals surface area (Å²) in [4.78, 5) is 37.7. The van der Waals surface area contributed by atoms with Gasteiger partial charge in [0.2, 0.25) is 17.7 Å². The summed E-state index contributed by atoms with van der Waals surface area (Å²) < 4.78 is 0.774. The van der Waals surface area contributed by atoms with Gasteiger partial charge in [0.25, 0.3) is 0 Å². The minimum atomic E-state index is -0.382. The highest BCUT2D eigenvalue weighted by atomic mass is 79.9. The highest BCUT2D eigenvalue weighted by Gasteiger charge is 2.34. The number of benzene rings is 1. The molecule has 0 aromatic heterocycles. The molecule has 2 N–H and O–H groups in total. The predicted octanol–water partition coefficient (Wildman–Crippen LogP) is 2.01. The van der Waals surface area contributed by atoms with Crippen LogP contribution in [0.3, 0.4) is 0 Å². The van der Waals surface area contributed by atoms with E-state index in [0.717, 1.165) is 4.47 Å². The molecule has 0 aliphatic carbocycles. The average Bonchev–Trinajstić information content (AvgIpc) is 2.87. The summed E-state index contributed by atoms with van der Waals surface area (Å²) >= 11 is 3.35. The van der Waals surface area contributed by atoms with Crippen LogP contribution in [0.2, 0.25) is 0 Å². The SMILES string of the molecule is CC(C)CN1CC(C(=O)NCC(=O)Nc2ccccc2Br)CC1=O. The lowest BCUT2D eigenvalue weighted by Crippen LogP contribution is -2.38. The fraction of sp³-hybridized carbons (Fsp3) is 0.471. The molecule has 1 heterocycles. The molecule has 1 aliphatic rings. The van der Waals surface area contributed by atoms with Gasteiger partial charge in [-0.3, -0.25) is 14.4 Å². The van der Waals surface area contributed by atoms with Crippen LogP contribution in [0.15, 0.2) is 28.7 Å². The summed E-state index contributed by atoms with van der Waals surface area (Å²) in [5, 5.41) is 5.34. The molecule has 1 unspecified atom stereocenters. The van der Waals surface area contributed by atoms with Crippen molar-refractivity contribution in [1.29, 1.82) is 0 Å². The Bertz CT molecular complexity index is 633. The first-order chi connectivity index (χ1) is 11.4. The van der Waals surface area contributed by atoms with E-state index in [0.29, 0.717) is 24.7 Å². The van der Waals surface area contributed by atoms with Crippen molar-refractivity contribution in [3.8, 4) is 0 Å². The van der Waals surface area contributed by atoms with Crippen molar-refractivity contribution in [2.75, 3.05) is 25.0 Å². The third-order valence-corrected chi connectivity index (χ3v) is 4.43. The van der Waals surface area contributed by atoms with E-state index in [1.54, 1.807) is 11.0 Å². The molecule has 0 saturated carbocycles. The van der Waals surface area contributed by atoms with Crippen LogP contribution in [0.5, 0.6) is 0 Å². The van der Waals surface area contributed by atoms with Gasteiger partial charge in [-0.25, -0.2) is 0 Å². The Balaban J connectivity index is 1.80. The minimum Gasteiger partial charge on any atom is -0.347 e. The van der Waals surface area contributed by atoms with Crippen molar-refractivity contribution in [2.24, 2.45) is 11.8 Å². The second-order valence-corrected chi connectivity index (χ2v) is 7.19. The van der Waals surface area contributed by atoms with Gasteiger partial charge in [0.05, 0.1) is 18.2 Å². The number of hydrogen-bond acceptors (Lipinski definition) is 3. The Hall–Kier alpha value is -1.89. The zero-order chi connectivity index (χ0) is 17.7. The van der Waals surface area contributed by atoms with Gasteiger partial charge in [-0.15, -0.1) is 0 Å². The summed E-state index contributed by atoms with van der Waals surface area (Å²) in [5.41, 5.74) is 0.649. The van der Waals surface area contributed by atoms with Crippen LogP contribution in [0.1, 0.15) is 20.3 Å². The maximum atomic E-state index is 12.2. The molecule has 1 atom stereocenters. The van der Waals surface area contributed by atoms with Gasteiger partial charge in [0, 0.05) is 24.0 Å². The molecular weight excluding hydrogens is 374 g/mol. The second-order valence-electron chi connectivity index (χ2n) is 6.34. The summed E-state index contributed by atoms with van der Waals surface area (Å²) in [6.07, 6.45) is 0.213. The van der Waals surface area contributed by atoms with Crippen LogP contribution in [0, 0.1) is 11.8 Å². The monoisotopic (exact) mass is 395 g/mol. The largest absolute Gasteiger partial charge is 0.347 e. The van der Waals surface area contributed by atoms with E-state index >= 15 is 0 Å². The van der Waals surface area contributed by atoms with Crippen LogP contribution >= 0.6 is 15.9 Å². The van der Waals surface area contributed by atoms with E-state index in [9.17, 15) is 14.4 Å². The normalized spacial score (nSPS) is 17.2. The number of rotatable bonds is 6. The van der Waals surface area contributed by atoms with Crippen molar-refractivity contribution in [3.05, 3.63) is 28.7 Å². The van der Waals surface area contributed by atoms with Crippen LogP contribution in [-0.2, 0) is 14.4 Å². The van der Waals surface area contributed by atoms with E-state index < -0.39 is 0 Å². The number of likely N-dealkylation sites (tertiary alicyclic amines) is 1. The smallest absolute Gasteiger partial charge is 0.243 e. The number of carbonyl (C=O) groups excluding carboxylic acids is 3. The van der Waals surface area contributed by atoms with Crippen molar-refractivity contribution in [3.63, 3.8) is 0 Å². The zero-order valence-electron chi connectivity index (χ0n) is 13.8. The first-order valence-corrected chi connectivity index (χ1v) is 8.76. The van der Waals surface area contributed by atoms with Gasteiger partial charge in [-0.2, -0.15) is 0 Å². The number of para-hydroxylation sites is 1. The molecule has 1 aliphatic heterocycles. The standard InChI is InChI=1S/C17H22BrN3O3/c1-11(2)9-21-10-12(7-16(21)23)17(24)19-8-15(22)20-14-6-4-3-5-13(14)18/h3-6,11-12H,7-10H2,1-2H3,(H,19,24)(H,20,22). The van der Waals surface area contributed by atoms with E-state index in [1.165, 1.54) is 0 Å². The fourth-order valence-corrected chi connectivity index (χ4v) is 3.02. The molecule has 7 heteroatoms. The van der Waals surface area contributed by atoms with E-state index in [-0.39, 0.29) is 36.6 Å². The highest BCUT2D eigenvalue weighted by molar-refractivity contribution is 9.10. The van der Waals surface area contributed by atoms with E-state index in [2.05, 4.69) is 26.6 Å². The number of carbonyl (C=O) groups is 3. The molecule has 24 heavy (non-hydrogen) atoms. The number of nitrogens with zero attached hydrogens (tertiary/aromatic N) is 1. The van der Waals surface area contributed by atoms with E-state index in [4.69, 9.17) is 0 Å². The Morgan fingerprint density at radius 1 is 1.33 bits per heavy atom. The highest BCUT2D eigenvalue weighted by Crippen LogP contribution is 2.21. The topological polar surface area (TPSA) is 78.5 Å².